The molecule has 5 N–H and O–H groups in total. The molecule has 0 saturated carbocycles. The monoisotopic (exact) mass is 306 g/mol. The fourth-order valence-corrected chi connectivity index (χ4v) is 2.55. The average Bonchev–Trinajstić information content (AvgIpc) is 2.44. The maximum Gasteiger partial charge on any atom is 0.319 e. The molecule has 1 rings (SSSR count). The zero-order valence-electron chi connectivity index (χ0n) is 13.9. The quantitative estimate of drug-likeness (QED) is 0.712. The fraction of sp³-hybridized carbons (Fsp3) is 0.529. The molecule has 3 amide bonds. The summed E-state index contributed by atoms with van der Waals surface area (Å²) in [6, 6.07) is 7.53. The molecule has 1 aromatic rings. The zero-order chi connectivity index (χ0) is 16.7. The van der Waals surface area contributed by atoms with Crippen molar-refractivity contribution >= 4 is 11.9 Å². The third-order valence-corrected chi connectivity index (χ3v) is 3.78. The van der Waals surface area contributed by atoms with Gasteiger partial charge in [-0.25, -0.2) is 4.79 Å². The number of amides is 3. The number of primary amides is 1. The van der Waals surface area contributed by atoms with Gasteiger partial charge in [-0.15, -0.1) is 0 Å². The first-order valence-electron chi connectivity index (χ1n) is 7.89. The molecule has 0 radical (unpaired) electrons. The maximum absolute atomic E-state index is 11.8. The van der Waals surface area contributed by atoms with E-state index < -0.39 is 6.03 Å². The molecule has 0 fully saturated rings. The van der Waals surface area contributed by atoms with E-state index in [1.54, 1.807) is 6.92 Å². The smallest absolute Gasteiger partial charge is 0.319 e. The summed E-state index contributed by atoms with van der Waals surface area (Å²) in [7, 11) is 0. The van der Waals surface area contributed by atoms with Crippen LogP contribution in [0.25, 0.3) is 0 Å². The van der Waals surface area contributed by atoms with E-state index in [1.807, 2.05) is 5.32 Å². The van der Waals surface area contributed by atoms with Crippen molar-refractivity contribution in [1.82, 2.24) is 5.32 Å². The number of urea groups is 1. The molecule has 1 aromatic carbocycles. The van der Waals surface area contributed by atoms with Crippen LogP contribution in [0.4, 0.5) is 4.79 Å². The van der Waals surface area contributed by atoms with Crippen LogP contribution in [0.2, 0.25) is 0 Å². The van der Waals surface area contributed by atoms with E-state index in [4.69, 9.17) is 5.73 Å². The van der Waals surface area contributed by atoms with Gasteiger partial charge in [-0.3, -0.25) is 10.1 Å². The number of quaternary nitrogens is 1. The Kier molecular flexibility index (Phi) is 7.05. The number of hydrogen-bond donors (Lipinski definition) is 3. The lowest BCUT2D eigenvalue weighted by atomic mass is 9.94. The second-order valence-electron chi connectivity index (χ2n) is 6.10. The van der Waals surface area contributed by atoms with Gasteiger partial charge in [-0.2, -0.15) is 0 Å². The first kappa shape index (κ1) is 18.2. The third-order valence-electron chi connectivity index (χ3n) is 3.78. The lowest BCUT2D eigenvalue weighted by Crippen LogP contribution is -2.93. The lowest BCUT2D eigenvalue weighted by Gasteiger charge is -2.23. The van der Waals surface area contributed by atoms with Crippen LogP contribution in [0.3, 0.4) is 0 Å². The highest BCUT2D eigenvalue weighted by molar-refractivity contribution is 5.95. The molecule has 0 aliphatic heterocycles. The molecular formula is C17H28N3O2+. The normalized spacial score (nSPS) is 13.7. The Morgan fingerprint density at radius 1 is 1.18 bits per heavy atom. The average molecular weight is 306 g/mol. The summed E-state index contributed by atoms with van der Waals surface area (Å²) in [6.07, 6.45) is 2.21. The SMILES string of the molecule is CCCc1ccc([C@@H]([NH2+][C@H](C)C(=O)NC(N)=O)C(C)C)cc1. The van der Waals surface area contributed by atoms with Gasteiger partial charge in [0.1, 0.15) is 6.04 Å². The van der Waals surface area contributed by atoms with Gasteiger partial charge in [-0.05, 0) is 18.9 Å². The minimum Gasteiger partial charge on any atom is -0.351 e. The second-order valence-corrected chi connectivity index (χ2v) is 6.10. The van der Waals surface area contributed by atoms with Crippen molar-refractivity contribution in [3.63, 3.8) is 0 Å². The van der Waals surface area contributed by atoms with Gasteiger partial charge in [0.15, 0.2) is 6.04 Å². The molecule has 0 spiro atoms. The van der Waals surface area contributed by atoms with E-state index in [0.29, 0.717) is 5.92 Å². The Labute approximate surface area is 132 Å². The second kappa shape index (κ2) is 8.54. The van der Waals surface area contributed by atoms with Crippen LogP contribution in [0.5, 0.6) is 0 Å². The van der Waals surface area contributed by atoms with Crippen molar-refractivity contribution in [3.8, 4) is 0 Å². The first-order valence-corrected chi connectivity index (χ1v) is 7.89. The van der Waals surface area contributed by atoms with Crippen LogP contribution >= 0.6 is 0 Å². The molecule has 22 heavy (non-hydrogen) atoms. The van der Waals surface area contributed by atoms with Gasteiger partial charge in [0, 0.05) is 11.5 Å². The molecule has 2 atom stereocenters. The van der Waals surface area contributed by atoms with E-state index in [1.165, 1.54) is 11.1 Å². The number of carbonyl (C=O) groups excluding carboxylic acids is 2. The van der Waals surface area contributed by atoms with Crippen molar-refractivity contribution < 1.29 is 14.9 Å². The van der Waals surface area contributed by atoms with Gasteiger partial charge in [-0.1, -0.05) is 51.5 Å². The Bertz CT molecular complexity index is 497. The van der Waals surface area contributed by atoms with Gasteiger partial charge in [0.2, 0.25) is 0 Å². The van der Waals surface area contributed by atoms with E-state index in [9.17, 15) is 9.59 Å². The fourth-order valence-electron chi connectivity index (χ4n) is 2.55. The van der Waals surface area contributed by atoms with Crippen LogP contribution in [-0.2, 0) is 11.2 Å². The van der Waals surface area contributed by atoms with Crippen LogP contribution in [-0.4, -0.2) is 18.0 Å². The number of nitrogens with two attached hydrogens (primary N) is 2. The van der Waals surface area contributed by atoms with Gasteiger partial charge < -0.3 is 11.1 Å². The predicted molar refractivity (Wildman–Crippen MR) is 87.1 cm³/mol. The number of imide groups is 1. The highest BCUT2D eigenvalue weighted by atomic mass is 16.2. The predicted octanol–water partition coefficient (Wildman–Crippen LogP) is 1.48. The molecule has 5 nitrogen and oxygen atoms in total. The molecule has 0 unspecified atom stereocenters. The highest BCUT2D eigenvalue weighted by Crippen LogP contribution is 2.19. The summed E-state index contributed by atoms with van der Waals surface area (Å²) >= 11 is 0. The molecule has 5 heteroatoms. The van der Waals surface area contributed by atoms with E-state index in [0.717, 1.165) is 12.8 Å². The largest absolute Gasteiger partial charge is 0.351 e. The molecule has 0 heterocycles. The summed E-state index contributed by atoms with van der Waals surface area (Å²) in [6.45, 7) is 8.19. The molecule has 0 saturated heterocycles. The van der Waals surface area contributed by atoms with Crippen molar-refractivity contribution in [3.05, 3.63) is 35.4 Å². The number of hydrogen-bond acceptors (Lipinski definition) is 2. The topological polar surface area (TPSA) is 88.8 Å². The minimum atomic E-state index is -0.810. The Morgan fingerprint density at radius 3 is 2.23 bits per heavy atom. The van der Waals surface area contributed by atoms with Gasteiger partial charge >= 0.3 is 6.03 Å². The molecule has 0 bridgehead atoms. The van der Waals surface area contributed by atoms with Crippen molar-refractivity contribution in [2.45, 2.75) is 52.6 Å². The van der Waals surface area contributed by atoms with E-state index in [2.05, 4.69) is 50.4 Å². The van der Waals surface area contributed by atoms with Crippen LogP contribution < -0.4 is 16.4 Å². The standard InChI is InChI=1S/C17H27N3O2/c1-5-6-13-7-9-14(10-8-13)15(11(2)3)19-12(4)16(21)20-17(18)22/h7-12,15,19H,5-6H2,1-4H3,(H3,18,20,21,22)/p+1/t12-,15+/m1/s1. The Morgan fingerprint density at radius 2 is 1.77 bits per heavy atom. The number of benzene rings is 1. The minimum absolute atomic E-state index is 0.157. The first-order chi connectivity index (χ1) is 10.3. The summed E-state index contributed by atoms with van der Waals surface area (Å²) in [5.74, 6) is 0.00149. The van der Waals surface area contributed by atoms with Crippen LogP contribution in [0.15, 0.2) is 24.3 Å². The molecule has 0 aromatic heterocycles. The van der Waals surface area contributed by atoms with Crippen molar-refractivity contribution in [1.29, 1.82) is 0 Å². The van der Waals surface area contributed by atoms with E-state index in [-0.39, 0.29) is 18.0 Å². The van der Waals surface area contributed by atoms with Crippen molar-refractivity contribution in [2.24, 2.45) is 11.7 Å². The van der Waals surface area contributed by atoms with Crippen LogP contribution in [0.1, 0.15) is 51.3 Å². The Balaban J connectivity index is 2.80. The maximum atomic E-state index is 11.8. The third kappa shape index (κ3) is 5.48. The molecule has 122 valence electrons. The number of rotatable bonds is 7. The van der Waals surface area contributed by atoms with Gasteiger partial charge in [0.25, 0.3) is 5.91 Å². The summed E-state index contributed by atoms with van der Waals surface area (Å²) in [4.78, 5) is 22.6. The highest BCUT2D eigenvalue weighted by Gasteiger charge is 2.26. The summed E-state index contributed by atoms with van der Waals surface area (Å²) in [5.41, 5.74) is 7.51. The van der Waals surface area contributed by atoms with Gasteiger partial charge in [0.05, 0.1) is 0 Å². The summed E-state index contributed by atoms with van der Waals surface area (Å²) in [5, 5.41) is 4.12. The lowest BCUT2D eigenvalue weighted by molar-refractivity contribution is -0.719. The number of nitrogens with one attached hydrogen (secondary N) is 1. The number of carbonyl (C=O) groups is 2. The molecule has 0 aliphatic rings. The zero-order valence-corrected chi connectivity index (χ0v) is 13.9. The van der Waals surface area contributed by atoms with E-state index >= 15 is 0 Å². The molecule has 0 aliphatic carbocycles. The Hall–Kier alpha value is -1.88. The summed E-state index contributed by atoms with van der Waals surface area (Å²) < 4.78 is 0. The van der Waals surface area contributed by atoms with Crippen LogP contribution in [0, 0.1) is 5.92 Å². The van der Waals surface area contributed by atoms with Crippen molar-refractivity contribution in [2.75, 3.05) is 0 Å². The number of aryl methyl sites for hydroxylation is 1. The molecular weight excluding hydrogens is 278 g/mol.